The first-order valence-corrected chi connectivity index (χ1v) is 18.8. The normalized spacial score (nSPS) is 14.6. The molecule has 0 aliphatic carbocycles. The van der Waals surface area contributed by atoms with E-state index in [1.807, 2.05) is 61.5 Å². The number of pyridine rings is 1. The minimum absolute atomic E-state index is 0.241. The van der Waals surface area contributed by atoms with Crippen LogP contribution in [0.2, 0.25) is 0 Å². The lowest BCUT2D eigenvalue weighted by atomic mass is 9.84. The summed E-state index contributed by atoms with van der Waals surface area (Å²) in [5.74, 6) is 0.880. The zero-order valence-electron chi connectivity index (χ0n) is 29.8. The van der Waals surface area contributed by atoms with Gasteiger partial charge in [-0.2, -0.15) is 5.26 Å². The Morgan fingerprint density at radius 2 is 1.77 bits per heavy atom. The van der Waals surface area contributed by atoms with Crippen LogP contribution >= 0.6 is 0 Å². The maximum Gasteiger partial charge on any atom is 0.255 e. The Bertz CT molecular complexity index is 2770. The number of fused-ring (bicyclic) bond motifs is 6. The van der Waals surface area contributed by atoms with Gasteiger partial charge in [0.25, 0.3) is 5.91 Å². The van der Waals surface area contributed by atoms with Gasteiger partial charge in [-0.3, -0.25) is 18.4 Å². The summed E-state index contributed by atoms with van der Waals surface area (Å²) in [6.45, 7) is 9.01. The molecule has 0 spiro atoms. The number of likely N-dealkylation sites (tertiary alicyclic amines) is 1. The van der Waals surface area contributed by atoms with Crippen LogP contribution in [0.15, 0.2) is 77.2 Å². The van der Waals surface area contributed by atoms with Crippen LogP contribution in [0, 0.1) is 23.7 Å². The van der Waals surface area contributed by atoms with Crippen molar-refractivity contribution in [3.8, 4) is 28.7 Å². The van der Waals surface area contributed by atoms with Gasteiger partial charge in [-0.25, -0.2) is 18.4 Å². The van der Waals surface area contributed by atoms with E-state index < -0.39 is 10.0 Å². The second-order valence-corrected chi connectivity index (χ2v) is 16.5. The number of hydrogen-bond acceptors (Lipinski definition) is 8. The summed E-state index contributed by atoms with van der Waals surface area (Å²) in [6, 6.07) is 24.8. The number of carbonyl (C=O) groups excluding carboxylic acids is 1. The third kappa shape index (κ3) is 5.44. The van der Waals surface area contributed by atoms with E-state index in [1.165, 1.54) is 11.4 Å². The summed E-state index contributed by atoms with van der Waals surface area (Å²) in [6.07, 6.45) is 1.14. The lowest BCUT2D eigenvalue weighted by Gasteiger charge is -2.45. The third-order valence-electron chi connectivity index (χ3n) is 9.95. The molecule has 0 atom stereocenters. The molecule has 7 aromatic rings. The Hall–Kier alpha value is -5.77. The number of rotatable bonds is 7. The predicted octanol–water partition coefficient (Wildman–Crippen LogP) is 6.89. The standard InChI is InChI=1S/C40H37N7O4S/c1-23-10-12-24(13-11-23)38-36(39(48)42-4)28-16-27(32(18-34(28)51-38)45(5)52(6,49)50)29-14-15-30-37(44-29)33-17-26-25(19-41)8-7-9-31(26)47(33)35(43-30)20-46-21-40(2,3)22-46/h7-18H,20-22H2,1-6H3,(H,42,48). The van der Waals surface area contributed by atoms with E-state index in [0.717, 1.165) is 47.2 Å². The van der Waals surface area contributed by atoms with Gasteiger partial charge in [0.1, 0.15) is 22.7 Å². The molecule has 52 heavy (non-hydrogen) atoms. The van der Waals surface area contributed by atoms with Crippen LogP contribution in [-0.4, -0.2) is 67.0 Å². The van der Waals surface area contributed by atoms with Crippen molar-refractivity contribution >= 4 is 60.0 Å². The van der Waals surface area contributed by atoms with Crippen molar-refractivity contribution in [2.24, 2.45) is 5.41 Å². The number of nitriles is 1. The van der Waals surface area contributed by atoms with E-state index in [1.54, 1.807) is 25.2 Å². The maximum absolute atomic E-state index is 13.5. The number of sulfonamides is 1. The first-order valence-electron chi connectivity index (χ1n) is 17.0. The highest BCUT2D eigenvalue weighted by molar-refractivity contribution is 7.92. The van der Waals surface area contributed by atoms with Gasteiger partial charge in [-0.1, -0.05) is 49.7 Å². The highest BCUT2D eigenvalue weighted by Crippen LogP contribution is 2.42. The van der Waals surface area contributed by atoms with Crippen LogP contribution in [0.25, 0.3) is 61.0 Å². The highest BCUT2D eigenvalue weighted by atomic mass is 32.2. The topological polar surface area (TPSA) is 137 Å². The fourth-order valence-corrected chi connectivity index (χ4v) is 7.98. The predicted molar refractivity (Wildman–Crippen MR) is 204 cm³/mol. The number of amides is 1. The van der Waals surface area contributed by atoms with E-state index in [0.29, 0.717) is 67.9 Å². The van der Waals surface area contributed by atoms with Crippen LogP contribution in [0.4, 0.5) is 5.69 Å². The Kier molecular flexibility index (Phi) is 7.64. The summed E-state index contributed by atoms with van der Waals surface area (Å²) in [4.78, 5) is 26.1. The molecule has 1 fully saturated rings. The summed E-state index contributed by atoms with van der Waals surface area (Å²) >= 11 is 0. The minimum atomic E-state index is -3.73. The summed E-state index contributed by atoms with van der Waals surface area (Å²) < 4.78 is 35.7. The molecule has 5 heterocycles. The Labute approximate surface area is 301 Å². The molecule has 262 valence electrons. The molecule has 12 heteroatoms. The number of anilines is 1. The average Bonchev–Trinajstić information content (AvgIpc) is 3.69. The number of nitrogens with zero attached hydrogens (tertiary/aromatic N) is 6. The molecule has 1 N–H and O–H groups in total. The average molecular weight is 712 g/mol. The quantitative estimate of drug-likeness (QED) is 0.189. The van der Waals surface area contributed by atoms with E-state index in [2.05, 4.69) is 34.5 Å². The van der Waals surface area contributed by atoms with Gasteiger partial charge in [0.05, 0.1) is 57.9 Å². The first-order chi connectivity index (χ1) is 24.8. The second kappa shape index (κ2) is 11.9. The van der Waals surface area contributed by atoms with E-state index in [-0.39, 0.29) is 11.3 Å². The van der Waals surface area contributed by atoms with Gasteiger partial charge < -0.3 is 9.73 Å². The van der Waals surface area contributed by atoms with Crippen molar-refractivity contribution in [3.63, 3.8) is 0 Å². The van der Waals surface area contributed by atoms with Gasteiger partial charge in [0, 0.05) is 55.2 Å². The molecule has 11 nitrogen and oxygen atoms in total. The van der Waals surface area contributed by atoms with Crippen LogP contribution in [-0.2, 0) is 16.6 Å². The monoisotopic (exact) mass is 711 g/mol. The second-order valence-electron chi connectivity index (χ2n) is 14.5. The SMILES string of the molecule is CNC(=O)c1c(-c2ccc(C)cc2)oc2cc(N(C)S(C)(=O)=O)c(-c3ccc4nc(CN5CC(C)(C)C5)n5c6cccc(C#N)c6cc5c4n3)cc12. The number of nitrogens with one attached hydrogen (secondary N) is 1. The molecular formula is C40H37N7O4S. The Morgan fingerprint density at radius 3 is 2.44 bits per heavy atom. The lowest BCUT2D eigenvalue weighted by Crippen LogP contribution is -2.52. The number of aryl methyl sites for hydroxylation is 1. The molecular weight excluding hydrogens is 675 g/mol. The molecule has 1 aliphatic rings. The van der Waals surface area contributed by atoms with Gasteiger partial charge in [-0.05, 0) is 48.7 Å². The van der Waals surface area contributed by atoms with Gasteiger partial charge in [-0.15, -0.1) is 0 Å². The van der Waals surface area contributed by atoms with Crippen molar-refractivity contribution in [3.05, 3.63) is 95.3 Å². The molecule has 0 saturated carbocycles. The van der Waals surface area contributed by atoms with Crippen LogP contribution in [0.3, 0.4) is 0 Å². The van der Waals surface area contributed by atoms with E-state index in [4.69, 9.17) is 14.4 Å². The maximum atomic E-state index is 13.5. The number of hydrogen-bond donors (Lipinski definition) is 1. The van der Waals surface area contributed by atoms with E-state index >= 15 is 0 Å². The van der Waals surface area contributed by atoms with Crippen molar-refractivity contribution in [2.45, 2.75) is 27.3 Å². The van der Waals surface area contributed by atoms with Crippen molar-refractivity contribution in [1.82, 2.24) is 24.6 Å². The van der Waals surface area contributed by atoms with E-state index in [9.17, 15) is 18.5 Å². The van der Waals surface area contributed by atoms with Gasteiger partial charge in [0.2, 0.25) is 10.0 Å². The first kappa shape index (κ1) is 33.4. The molecule has 4 aromatic heterocycles. The summed E-state index contributed by atoms with van der Waals surface area (Å²) in [5, 5.41) is 14.1. The molecule has 0 bridgehead atoms. The summed E-state index contributed by atoms with van der Waals surface area (Å²) in [7, 11) is -0.683. The van der Waals surface area contributed by atoms with Crippen LogP contribution in [0.5, 0.6) is 0 Å². The number of furan rings is 1. The Balaban J connectivity index is 1.40. The minimum Gasteiger partial charge on any atom is -0.455 e. The van der Waals surface area contributed by atoms with Crippen molar-refractivity contribution in [1.29, 1.82) is 5.26 Å². The fourth-order valence-electron chi connectivity index (χ4n) is 7.47. The molecule has 0 unspecified atom stereocenters. The number of carbonyl (C=O) groups is 1. The molecule has 1 saturated heterocycles. The number of aromatic nitrogens is 3. The zero-order chi connectivity index (χ0) is 36.7. The largest absolute Gasteiger partial charge is 0.455 e. The lowest BCUT2D eigenvalue weighted by molar-refractivity contribution is 0.0220. The molecule has 1 aliphatic heterocycles. The summed E-state index contributed by atoms with van der Waals surface area (Å²) in [5.41, 5.74) is 7.47. The fraction of sp³-hybridized carbons (Fsp3) is 0.250. The third-order valence-corrected chi connectivity index (χ3v) is 11.1. The Morgan fingerprint density at radius 1 is 1.02 bits per heavy atom. The van der Waals surface area contributed by atoms with Crippen molar-refractivity contribution < 1.29 is 17.6 Å². The zero-order valence-corrected chi connectivity index (χ0v) is 30.6. The molecule has 3 aromatic carbocycles. The van der Waals surface area contributed by atoms with Crippen LogP contribution < -0.4 is 9.62 Å². The van der Waals surface area contributed by atoms with Crippen molar-refractivity contribution in [2.75, 3.05) is 37.7 Å². The van der Waals surface area contributed by atoms with Gasteiger partial charge >= 0.3 is 0 Å². The van der Waals surface area contributed by atoms with Crippen LogP contribution in [0.1, 0.15) is 41.2 Å². The highest BCUT2D eigenvalue weighted by Gasteiger charge is 2.35. The van der Waals surface area contributed by atoms with Gasteiger partial charge in [0.15, 0.2) is 0 Å². The smallest absolute Gasteiger partial charge is 0.255 e. The molecule has 1 amide bonds. The molecule has 8 rings (SSSR count). The molecule has 0 radical (unpaired) electrons. The number of benzene rings is 3.